The molecule has 0 saturated carbocycles. The lowest BCUT2D eigenvalue weighted by Crippen LogP contribution is -2.21. The van der Waals surface area contributed by atoms with Crippen LogP contribution in [0.25, 0.3) is 55.2 Å². The van der Waals surface area contributed by atoms with Gasteiger partial charge in [0.2, 0.25) is 0 Å². The first-order valence-electron chi connectivity index (χ1n) is 18.0. The molecular weight excluding hydrogens is 617 g/mol. The van der Waals surface area contributed by atoms with E-state index in [2.05, 4.69) is 208 Å². The summed E-state index contributed by atoms with van der Waals surface area (Å²) in [5.74, 6) is 0. The van der Waals surface area contributed by atoms with Crippen molar-refractivity contribution in [1.29, 1.82) is 0 Å². The number of aromatic nitrogens is 1. The highest BCUT2D eigenvalue weighted by Crippen LogP contribution is 2.52. The molecule has 0 atom stereocenters. The van der Waals surface area contributed by atoms with E-state index in [4.69, 9.17) is 0 Å². The fourth-order valence-corrected chi connectivity index (χ4v) is 8.38. The number of hydrogen-bond acceptors (Lipinski definition) is 1. The molecule has 0 saturated heterocycles. The third-order valence-electron chi connectivity index (χ3n) is 10.8. The van der Waals surface area contributed by atoms with Gasteiger partial charge in [-0.1, -0.05) is 117 Å². The van der Waals surface area contributed by atoms with Crippen LogP contribution in [0.3, 0.4) is 0 Å². The van der Waals surface area contributed by atoms with E-state index in [0.29, 0.717) is 0 Å². The predicted molar refractivity (Wildman–Crippen MR) is 218 cm³/mol. The monoisotopic (exact) mass is 658 g/mol. The second kappa shape index (κ2) is 11.6. The molecule has 0 N–H and O–H groups in total. The van der Waals surface area contributed by atoms with Crippen LogP contribution < -0.4 is 4.90 Å². The lowest BCUT2D eigenvalue weighted by molar-refractivity contribution is 0.423. The molecule has 9 rings (SSSR count). The van der Waals surface area contributed by atoms with Crippen molar-refractivity contribution in [2.45, 2.75) is 45.6 Å². The maximum Gasteiger partial charge on any atom is 0.0496 e. The first-order chi connectivity index (χ1) is 24.7. The molecule has 1 aliphatic carbocycles. The van der Waals surface area contributed by atoms with Crippen LogP contribution in [0.4, 0.5) is 17.1 Å². The second-order valence-corrected chi connectivity index (χ2v) is 15.5. The highest BCUT2D eigenvalue weighted by molar-refractivity contribution is 6.09. The van der Waals surface area contributed by atoms with Crippen LogP contribution in [-0.4, -0.2) is 4.57 Å². The highest BCUT2D eigenvalue weighted by Gasteiger charge is 2.36. The molecule has 1 aliphatic rings. The van der Waals surface area contributed by atoms with Crippen LogP contribution in [0.1, 0.15) is 45.7 Å². The second-order valence-electron chi connectivity index (χ2n) is 15.5. The van der Waals surface area contributed by atoms with Gasteiger partial charge in [0.15, 0.2) is 0 Å². The van der Waals surface area contributed by atoms with Gasteiger partial charge in [-0.15, -0.1) is 0 Å². The van der Waals surface area contributed by atoms with Gasteiger partial charge in [-0.2, -0.15) is 0 Å². The van der Waals surface area contributed by atoms with Crippen molar-refractivity contribution in [3.05, 3.63) is 175 Å². The Bertz CT molecular complexity index is 2570. The Balaban J connectivity index is 1.11. The number of rotatable bonds is 5. The van der Waals surface area contributed by atoms with Gasteiger partial charge in [-0.3, -0.25) is 0 Å². The molecule has 0 aliphatic heterocycles. The molecule has 0 radical (unpaired) electrons. The van der Waals surface area contributed by atoms with Crippen molar-refractivity contribution in [2.75, 3.05) is 4.90 Å². The Morgan fingerprint density at radius 3 is 1.67 bits per heavy atom. The minimum absolute atomic E-state index is 0.0210. The standard InChI is InChI=1S/C49H42N2/c1-48(2,3)51-46-19-13-12-18-42(46)43-30-35(23-29-47(43)51)36-22-27-40-41-28-26-39(32-45(41)49(4,5)44(40)31-36)50(37-16-10-7-11-17-37)38-24-20-34(21-25-38)33-14-8-6-9-15-33/h6-32H,1-5H3. The fourth-order valence-electron chi connectivity index (χ4n) is 8.38. The predicted octanol–water partition coefficient (Wildman–Crippen LogP) is 13.7. The first kappa shape index (κ1) is 31.1. The fraction of sp³-hybridized carbons (Fsp3) is 0.143. The summed E-state index contributed by atoms with van der Waals surface area (Å²) >= 11 is 0. The molecule has 248 valence electrons. The summed E-state index contributed by atoms with van der Waals surface area (Å²) in [6, 6.07) is 60.2. The van der Waals surface area contributed by atoms with E-state index in [0.717, 1.165) is 17.1 Å². The van der Waals surface area contributed by atoms with E-state index in [9.17, 15) is 0 Å². The number of anilines is 3. The minimum Gasteiger partial charge on any atom is -0.335 e. The van der Waals surface area contributed by atoms with E-state index >= 15 is 0 Å². The van der Waals surface area contributed by atoms with Gasteiger partial charge >= 0.3 is 0 Å². The van der Waals surface area contributed by atoms with Crippen LogP contribution in [0.5, 0.6) is 0 Å². The Morgan fingerprint density at radius 2 is 0.941 bits per heavy atom. The Morgan fingerprint density at radius 1 is 0.431 bits per heavy atom. The van der Waals surface area contributed by atoms with E-state index < -0.39 is 0 Å². The van der Waals surface area contributed by atoms with Crippen molar-refractivity contribution in [3.8, 4) is 33.4 Å². The lowest BCUT2D eigenvalue weighted by Gasteiger charge is -2.28. The topological polar surface area (TPSA) is 8.17 Å². The zero-order valence-electron chi connectivity index (χ0n) is 30.0. The van der Waals surface area contributed by atoms with Gasteiger partial charge in [0.1, 0.15) is 0 Å². The van der Waals surface area contributed by atoms with Crippen LogP contribution in [0.15, 0.2) is 164 Å². The maximum absolute atomic E-state index is 2.48. The van der Waals surface area contributed by atoms with Crippen LogP contribution >= 0.6 is 0 Å². The average Bonchev–Trinajstić information content (AvgIpc) is 3.61. The molecule has 1 heterocycles. The molecule has 0 unspecified atom stereocenters. The summed E-state index contributed by atoms with van der Waals surface area (Å²) in [6.07, 6.45) is 0. The quantitative estimate of drug-likeness (QED) is 0.179. The molecule has 2 heteroatoms. The number of nitrogens with zero attached hydrogens (tertiary/aromatic N) is 2. The molecule has 1 aromatic heterocycles. The van der Waals surface area contributed by atoms with Crippen molar-refractivity contribution in [2.24, 2.45) is 0 Å². The molecule has 0 fully saturated rings. The van der Waals surface area contributed by atoms with Gasteiger partial charge in [0.05, 0.1) is 0 Å². The molecule has 8 aromatic rings. The molecule has 0 amide bonds. The number of benzene rings is 7. The lowest BCUT2D eigenvalue weighted by atomic mass is 9.81. The largest absolute Gasteiger partial charge is 0.335 e. The molecule has 2 nitrogen and oxygen atoms in total. The van der Waals surface area contributed by atoms with E-state index in [-0.39, 0.29) is 11.0 Å². The summed E-state index contributed by atoms with van der Waals surface area (Å²) in [4.78, 5) is 2.38. The average molecular weight is 659 g/mol. The molecular formula is C49H42N2. The highest BCUT2D eigenvalue weighted by atomic mass is 15.1. The van der Waals surface area contributed by atoms with Crippen LogP contribution in [0.2, 0.25) is 0 Å². The van der Waals surface area contributed by atoms with Crippen LogP contribution in [0, 0.1) is 0 Å². The number of hydrogen-bond donors (Lipinski definition) is 0. The summed E-state index contributed by atoms with van der Waals surface area (Å²) in [5, 5.41) is 2.62. The summed E-state index contributed by atoms with van der Waals surface area (Å²) in [6.45, 7) is 11.6. The number of fused-ring (bicyclic) bond motifs is 6. The van der Waals surface area contributed by atoms with Crippen molar-refractivity contribution < 1.29 is 0 Å². The SMILES string of the molecule is CC1(C)c2cc(-c3ccc4c(c3)c3ccccc3n4C(C)(C)C)ccc2-c2ccc(N(c3ccccc3)c3ccc(-c4ccccc4)cc3)cc21. The maximum atomic E-state index is 2.48. The molecule has 0 bridgehead atoms. The number of para-hydroxylation sites is 2. The molecule has 7 aromatic carbocycles. The zero-order valence-corrected chi connectivity index (χ0v) is 30.0. The van der Waals surface area contributed by atoms with Crippen LogP contribution in [-0.2, 0) is 11.0 Å². The molecule has 51 heavy (non-hydrogen) atoms. The van der Waals surface area contributed by atoms with Gasteiger partial charge in [0, 0.05) is 49.8 Å². The van der Waals surface area contributed by atoms with Gasteiger partial charge < -0.3 is 9.47 Å². The van der Waals surface area contributed by atoms with E-state index in [1.165, 1.54) is 66.3 Å². The third-order valence-corrected chi connectivity index (χ3v) is 10.8. The Hall–Kier alpha value is -5.86. The summed E-state index contributed by atoms with van der Waals surface area (Å²) < 4.78 is 2.48. The normalized spacial score (nSPS) is 13.4. The smallest absolute Gasteiger partial charge is 0.0496 e. The summed E-state index contributed by atoms with van der Waals surface area (Å²) in [7, 11) is 0. The van der Waals surface area contributed by atoms with Gasteiger partial charge in [-0.05, 0) is 126 Å². The minimum atomic E-state index is -0.164. The first-order valence-corrected chi connectivity index (χ1v) is 18.0. The Kier molecular flexibility index (Phi) is 7.09. The van der Waals surface area contributed by atoms with Gasteiger partial charge in [0.25, 0.3) is 0 Å². The van der Waals surface area contributed by atoms with E-state index in [1.807, 2.05) is 0 Å². The van der Waals surface area contributed by atoms with Crippen molar-refractivity contribution >= 4 is 38.9 Å². The third kappa shape index (κ3) is 5.09. The van der Waals surface area contributed by atoms with Crippen molar-refractivity contribution in [1.82, 2.24) is 4.57 Å². The summed E-state index contributed by atoms with van der Waals surface area (Å²) in [5.41, 5.74) is 16.2. The van der Waals surface area contributed by atoms with Crippen molar-refractivity contribution in [3.63, 3.8) is 0 Å². The molecule has 0 spiro atoms. The Labute approximate surface area is 301 Å². The van der Waals surface area contributed by atoms with Gasteiger partial charge in [-0.25, -0.2) is 0 Å². The van der Waals surface area contributed by atoms with E-state index in [1.54, 1.807) is 0 Å². The zero-order chi connectivity index (χ0) is 34.9.